The Hall–Kier alpha value is -2.34. The molecule has 0 bridgehead atoms. The van der Waals surface area contributed by atoms with Crippen molar-refractivity contribution in [1.82, 2.24) is 0 Å². The van der Waals surface area contributed by atoms with Crippen molar-refractivity contribution in [2.45, 2.75) is 6.92 Å². The zero-order valence-electron chi connectivity index (χ0n) is 11.1. The van der Waals surface area contributed by atoms with Gasteiger partial charge in [-0.3, -0.25) is 0 Å². The van der Waals surface area contributed by atoms with E-state index >= 15 is 0 Å². The number of fused-ring (bicyclic) bond motifs is 2. The minimum absolute atomic E-state index is 1.08. The molecule has 0 nitrogen and oxygen atoms in total. The van der Waals surface area contributed by atoms with Crippen molar-refractivity contribution in [3.8, 4) is 0 Å². The van der Waals surface area contributed by atoms with Crippen molar-refractivity contribution < 1.29 is 0 Å². The Morgan fingerprint density at radius 1 is 0.947 bits per heavy atom. The van der Waals surface area contributed by atoms with Crippen LogP contribution in [-0.2, 0) is 0 Å². The van der Waals surface area contributed by atoms with Gasteiger partial charge in [0.05, 0.1) is 0 Å². The maximum absolute atomic E-state index is 4.12. The van der Waals surface area contributed by atoms with Gasteiger partial charge in [-0.1, -0.05) is 55.6 Å². The number of hydrogen-bond acceptors (Lipinski definition) is 0. The van der Waals surface area contributed by atoms with Crippen LogP contribution in [0, 0.1) is 0 Å². The molecule has 0 heterocycles. The summed E-state index contributed by atoms with van der Waals surface area (Å²) in [5.74, 6) is 0. The van der Waals surface area contributed by atoms with Crippen LogP contribution < -0.4 is 0 Å². The average Bonchev–Trinajstić information content (AvgIpc) is 2.43. The van der Waals surface area contributed by atoms with Crippen molar-refractivity contribution in [3.05, 3.63) is 72.8 Å². The summed E-state index contributed by atoms with van der Waals surface area (Å²) in [6.07, 6.45) is 1.90. The average molecular weight is 244 g/mol. The lowest BCUT2D eigenvalue weighted by Crippen LogP contribution is -1.88. The van der Waals surface area contributed by atoms with Gasteiger partial charge in [0.2, 0.25) is 0 Å². The molecule has 0 fully saturated rings. The zero-order valence-corrected chi connectivity index (χ0v) is 11.1. The van der Waals surface area contributed by atoms with Crippen LogP contribution in [0.5, 0.6) is 0 Å². The minimum Gasteiger partial charge on any atom is -0.0984 e. The second-order valence-corrected chi connectivity index (χ2v) is 4.93. The molecule has 0 unspecified atom stereocenters. The van der Waals surface area contributed by atoms with Crippen LogP contribution in [0.15, 0.2) is 61.7 Å². The SMILES string of the molecule is C=Cc1ccc2cc3ccccc3cc2c1C(=C)C. The minimum atomic E-state index is 1.08. The second-order valence-electron chi connectivity index (χ2n) is 4.93. The Morgan fingerprint density at radius 2 is 1.63 bits per heavy atom. The molecular weight excluding hydrogens is 228 g/mol. The van der Waals surface area contributed by atoms with Crippen LogP contribution in [0.1, 0.15) is 18.1 Å². The van der Waals surface area contributed by atoms with Gasteiger partial charge in [-0.2, -0.15) is 0 Å². The molecule has 0 N–H and O–H groups in total. The highest BCUT2D eigenvalue weighted by molar-refractivity contribution is 6.04. The van der Waals surface area contributed by atoms with Gasteiger partial charge in [0.1, 0.15) is 0 Å². The van der Waals surface area contributed by atoms with Crippen molar-refractivity contribution in [3.63, 3.8) is 0 Å². The Labute approximate surface area is 113 Å². The number of rotatable bonds is 2. The Morgan fingerprint density at radius 3 is 2.26 bits per heavy atom. The van der Waals surface area contributed by atoms with E-state index in [1.165, 1.54) is 27.1 Å². The first kappa shape index (κ1) is 11.7. The molecule has 0 aliphatic carbocycles. The Balaban J connectivity index is 2.50. The third-order valence-corrected chi connectivity index (χ3v) is 3.57. The van der Waals surface area contributed by atoms with Crippen LogP contribution in [0.4, 0.5) is 0 Å². The lowest BCUT2D eigenvalue weighted by atomic mass is 9.92. The molecule has 19 heavy (non-hydrogen) atoms. The molecule has 0 heteroatoms. The summed E-state index contributed by atoms with van der Waals surface area (Å²) in [6, 6.07) is 17.2. The molecule has 0 aliphatic rings. The normalized spacial score (nSPS) is 10.8. The van der Waals surface area contributed by atoms with Gasteiger partial charge >= 0.3 is 0 Å². The molecule has 3 aromatic carbocycles. The van der Waals surface area contributed by atoms with Crippen molar-refractivity contribution in [1.29, 1.82) is 0 Å². The summed E-state index contributed by atoms with van der Waals surface area (Å²) in [4.78, 5) is 0. The number of allylic oxidation sites excluding steroid dienone is 1. The van der Waals surface area contributed by atoms with E-state index in [1.807, 2.05) is 6.08 Å². The lowest BCUT2D eigenvalue weighted by Gasteiger charge is -2.11. The molecule has 92 valence electrons. The molecular formula is C19H16. The fourth-order valence-electron chi connectivity index (χ4n) is 2.68. The standard InChI is InChI=1S/C19H16/c1-4-14-9-10-17-11-15-7-5-6-8-16(15)12-18(17)19(14)13(2)3/h4-12H,1-2H2,3H3. The van der Waals surface area contributed by atoms with Gasteiger partial charge in [0, 0.05) is 0 Å². The molecule has 0 amide bonds. The quantitative estimate of drug-likeness (QED) is 0.509. The van der Waals surface area contributed by atoms with Gasteiger partial charge < -0.3 is 0 Å². The van der Waals surface area contributed by atoms with E-state index in [0.29, 0.717) is 0 Å². The maximum Gasteiger partial charge on any atom is -0.00820 e. The second kappa shape index (κ2) is 4.40. The van der Waals surface area contributed by atoms with Crippen LogP contribution in [-0.4, -0.2) is 0 Å². The summed E-state index contributed by atoms with van der Waals surface area (Å²) >= 11 is 0. The van der Waals surface area contributed by atoms with Gasteiger partial charge in [-0.05, 0) is 57.3 Å². The van der Waals surface area contributed by atoms with Gasteiger partial charge in [-0.25, -0.2) is 0 Å². The molecule has 0 radical (unpaired) electrons. The van der Waals surface area contributed by atoms with Crippen LogP contribution in [0.2, 0.25) is 0 Å². The molecule has 0 spiro atoms. The van der Waals surface area contributed by atoms with Crippen molar-refractivity contribution >= 4 is 33.2 Å². The van der Waals surface area contributed by atoms with Gasteiger partial charge in [0.15, 0.2) is 0 Å². The molecule has 3 rings (SSSR count). The van der Waals surface area contributed by atoms with E-state index in [1.54, 1.807) is 0 Å². The summed E-state index contributed by atoms with van der Waals surface area (Å²) in [7, 11) is 0. The van der Waals surface area contributed by atoms with E-state index in [9.17, 15) is 0 Å². The fraction of sp³-hybridized carbons (Fsp3) is 0.0526. The molecule has 0 saturated heterocycles. The summed E-state index contributed by atoms with van der Waals surface area (Å²) in [5, 5.41) is 5.04. The fourth-order valence-corrected chi connectivity index (χ4v) is 2.68. The number of benzene rings is 3. The van der Waals surface area contributed by atoms with E-state index < -0.39 is 0 Å². The van der Waals surface area contributed by atoms with Gasteiger partial charge in [-0.15, -0.1) is 0 Å². The van der Waals surface area contributed by atoms with E-state index in [4.69, 9.17) is 0 Å². The third-order valence-electron chi connectivity index (χ3n) is 3.57. The first-order valence-electron chi connectivity index (χ1n) is 6.44. The Kier molecular flexibility index (Phi) is 2.72. The maximum atomic E-state index is 4.12. The van der Waals surface area contributed by atoms with Crippen molar-refractivity contribution in [2.24, 2.45) is 0 Å². The molecule has 0 atom stereocenters. The largest absolute Gasteiger partial charge is 0.0984 e. The summed E-state index contributed by atoms with van der Waals surface area (Å²) in [6.45, 7) is 10.1. The van der Waals surface area contributed by atoms with Gasteiger partial charge in [0.25, 0.3) is 0 Å². The number of hydrogen-bond donors (Lipinski definition) is 0. The highest BCUT2D eigenvalue weighted by Crippen LogP contribution is 2.31. The zero-order chi connectivity index (χ0) is 13.4. The van der Waals surface area contributed by atoms with Crippen LogP contribution >= 0.6 is 0 Å². The van der Waals surface area contributed by atoms with Crippen LogP contribution in [0.25, 0.3) is 33.2 Å². The monoisotopic (exact) mass is 244 g/mol. The smallest absolute Gasteiger partial charge is 0.00820 e. The highest BCUT2D eigenvalue weighted by atomic mass is 14.1. The molecule has 3 aromatic rings. The summed E-state index contributed by atoms with van der Waals surface area (Å²) in [5.41, 5.74) is 3.43. The first-order chi connectivity index (χ1) is 9.20. The highest BCUT2D eigenvalue weighted by Gasteiger charge is 2.07. The first-order valence-corrected chi connectivity index (χ1v) is 6.44. The molecule has 0 saturated carbocycles. The van der Waals surface area contributed by atoms with Crippen LogP contribution in [0.3, 0.4) is 0 Å². The van der Waals surface area contributed by atoms with Crippen molar-refractivity contribution in [2.75, 3.05) is 0 Å². The lowest BCUT2D eigenvalue weighted by molar-refractivity contribution is 1.61. The predicted octanol–water partition coefficient (Wildman–Crippen LogP) is 5.67. The Bertz CT molecular complexity index is 807. The molecule has 0 aromatic heterocycles. The van der Waals surface area contributed by atoms with E-state index in [0.717, 1.165) is 11.1 Å². The van der Waals surface area contributed by atoms with E-state index in [-0.39, 0.29) is 0 Å². The topological polar surface area (TPSA) is 0 Å². The molecule has 0 aliphatic heterocycles. The summed E-state index contributed by atoms with van der Waals surface area (Å²) < 4.78 is 0. The predicted molar refractivity (Wildman–Crippen MR) is 86.3 cm³/mol. The third kappa shape index (κ3) is 1.86. The van der Waals surface area contributed by atoms with E-state index in [2.05, 4.69) is 68.6 Å².